The first kappa shape index (κ1) is 23.6. The molecule has 1 saturated heterocycles. The summed E-state index contributed by atoms with van der Waals surface area (Å²) in [6.45, 7) is 10.1. The number of sulfonamides is 1. The van der Waals surface area contributed by atoms with Gasteiger partial charge in [0.2, 0.25) is 10.0 Å². The highest BCUT2D eigenvalue weighted by molar-refractivity contribution is 7.89. The van der Waals surface area contributed by atoms with Crippen molar-refractivity contribution in [1.29, 1.82) is 0 Å². The van der Waals surface area contributed by atoms with E-state index in [1.807, 2.05) is 26.8 Å². The second-order valence-corrected chi connectivity index (χ2v) is 9.63. The van der Waals surface area contributed by atoms with Crippen molar-refractivity contribution in [1.82, 2.24) is 18.8 Å². The minimum Gasteiger partial charge on any atom is -0.469 e. The molecule has 1 fully saturated rings. The van der Waals surface area contributed by atoms with E-state index in [1.54, 1.807) is 12.1 Å². The Bertz CT molecular complexity index is 1010. The zero-order valence-electron chi connectivity index (χ0n) is 18.7. The summed E-state index contributed by atoms with van der Waals surface area (Å²) in [7, 11) is -2.18. The van der Waals surface area contributed by atoms with Crippen LogP contribution in [-0.4, -0.2) is 79.6 Å². The van der Waals surface area contributed by atoms with Crippen LogP contribution in [0.25, 0.3) is 11.0 Å². The smallest absolute Gasteiger partial charge is 0.309 e. The fraction of sp³-hybridized carbons (Fsp3) is 0.619. The minimum absolute atomic E-state index is 0.236. The average molecular weight is 453 g/mol. The van der Waals surface area contributed by atoms with Gasteiger partial charge in [0, 0.05) is 26.2 Å². The first-order chi connectivity index (χ1) is 14.8. The quantitative estimate of drug-likeness (QED) is 0.535. The van der Waals surface area contributed by atoms with Crippen molar-refractivity contribution in [2.75, 3.05) is 46.5 Å². The number of morpholine rings is 1. The summed E-state index contributed by atoms with van der Waals surface area (Å²) in [6.07, 6.45) is 0. The van der Waals surface area contributed by atoms with Crippen molar-refractivity contribution >= 4 is 27.0 Å². The van der Waals surface area contributed by atoms with Crippen LogP contribution in [0.3, 0.4) is 0 Å². The molecule has 3 rings (SSSR count). The van der Waals surface area contributed by atoms with Gasteiger partial charge in [0.25, 0.3) is 0 Å². The summed E-state index contributed by atoms with van der Waals surface area (Å²) >= 11 is 0. The van der Waals surface area contributed by atoms with Crippen molar-refractivity contribution in [3.8, 4) is 0 Å². The molecule has 9 nitrogen and oxygen atoms in total. The van der Waals surface area contributed by atoms with E-state index in [2.05, 4.69) is 9.47 Å². The summed E-state index contributed by atoms with van der Waals surface area (Å²) in [6, 6.07) is 5.14. The van der Waals surface area contributed by atoms with Gasteiger partial charge in [0.15, 0.2) is 0 Å². The number of carbonyl (C=O) groups is 1. The van der Waals surface area contributed by atoms with E-state index in [1.165, 1.54) is 11.4 Å². The van der Waals surface area contributed by atoms with Gasteiger partial charge in [-0.3, -0.25) is 9.69 Å². The number of aromatic nitrogens is 2. The normalized spacial score (nSPS) is 16.7. The van der Waals surface area contributed by atoms with E-state index in [0.29, 0.717) is 51.5 Å². The van der Waals surface area contributed by atoms with Crippen molar-refractivity contribution < 1.29 is 22.7 Å². The molecule has 0 N–H and O–H groups in total. The lowest BCUT2D eigenvalue weighted by atomic mass is 10.1. The third-order valence-electron chi connectivity index (χ3n) is 5.67. The number of rotatable bonds is 9. The van der Waals surface area contributed by atoms with E-state index >= 15 is 0 Å². The van der Waals surface area contributed by atoms with E-state index in [9.17, 15) is 13.2 Å². The van der Waals surface area contributed by atoms with Crippen molar-refractivity contribution in [3.05, 3.63) is 24.0 Å². The van der Waals surface area contributed by atoms with Gasteiger partial charge in [0.05, 0.1) is 48.7 Å². The summed E-state index contributed by atoms with van der Waals surface area (Å²) < 4.78 is 39.7. The van der Waals surface area contributed by atoms with Gasteiger partial charge < -0.3 is 14.0 Å². The van der Waals surface area contributed by atoms with Crippen LogP contribution in [-0.2, 0) is 37.4 Å². The molecule has 31 heavy (non-hydrogen) atoms. The van der Waals surface area contributed by atoms with Crippen molar-refractivity contribution in [2.45, 2.75) is 38.8 Å². The van der Waals surface area contributed by atoms with Gasteiger partial charge >= 0.3 is 5.97 Å². The zero-order valence-corrected chi connectivity index (χ0v) is 19.5. The topological polar surface area (TPSA) is 94.0 Å². The number of benzene rings is 1. The molecule has 1 unspecified atom stereocenters. The number of nitrogens with zero attached hydrogens (tertiary/aromatic N) is 4. The molecular weight excluding hydrogens is 420 g/mol. The van der Waals surface area contributed by atoms with Crippen LogP contribution in [0.5, 0.6) is 0 Å². The number of hydrogen-bond donors (Lipinski definition) is 0. The zero-order chi connectivity index (χ0) is 22.6. The number of imidazole rings is 1. The molecule has 0 bridgehead atoms. The minimum atomic E-state index is -3.58. The number of aryl methyl sites for hydroxylation is 1. The van der Waals surface area contributed by atoms with Gasteiger partial charge in [-0.1, -0.05) is 13.8 Å². The van der Waals surface area contributed by atoms with E-state index in [-0.39, 0.29) is 16.8 Å². The molecule has 0 aliphatic carbocycles. The lowest BCUT2D eigenvalue weighted by molar-refractivity contribution is -0.145. The van der Waals surface area contributed by atoms with E-state index in [0.717, 1.165) is 17.9 Å². The molecule has 2 heterocycles. The van der Waals surface area contributed by atoms with Crippen LogP contribution < -0.4 is 0 Å². The largest absolute Gasteiger partial charge is 0.469 e. The summed E-state index contributed by atoms with van der Waals surface area (Å²) in [5.74, 6) is 0.368. The second kappa shape index (κ2) is 10.1. The summed E-state index contributed by atoms with van der Waals surface area (Å²) in [5.41, 5.74) is 1.55. The van der Waals surface area contributed by atoms with Crippen LogP contribution in [0, 0.1) is 5.92 Å². The molecule has 1 aromatic carbocycles. The third kappa shape index (κ3) is 5.08. The van der Waals surface area contributed by atoms with Crippen LogP contribution in [0.2, 0.25) is 0 Å². The maximum atomic E-state index is 13.0. The van der Waals surface area contributed by atoms with E-state index in [4.69, 9.17) is 14.5 Å². The van der Waals surface area contributed by atoms with Gasteiger partial charge in [-0.05, 0) is 31.7 Å². The Morgan fingerprint density at radius 2 is 2.00 bits per heavy atom. The fourth-order valence-electron chi connectivity index (χ4n) is 3.90. The Morgan fingerprint density at radius 1 is 1.29 bits per heavy atom. The Morgan fingerprint density at radius 3 is 2.61 bits per heavy atom. The van der Waals surface area contributed by atoms with Crippen molar-refractivity contribution in [2.24, 2.45) is 5.92 Å². The second-order valence-electron chi connectivity index (χ2n) is 7.69. The highest BCUT2D eigenvalue weighted by Gasteiger charge is 2.27. The Balaban J connectivity index is 1.88. The maximum Gasteiger partial charge on any atom is 0.309 e. The Labute approximate surface area is 184 Å². The molecule has 1 atom stereocenters. The summed E-state index contributed by atoms with van der Waals surface area (Å²) in [4.78, 5) is 19.0. The molecule has 0 saturated carbocycles. The van der Waals surface area contributed by atoms with E-state index < -0.39 is 10.0 Å². The highest BCUT2D eigenvalue weighted by atomic mass is 32.2. The lowest BCUT2D eigenvalue weighted by Crippen LogP contribution is -2.40. The molecule has 172 valence electrons. The number of ether oxygens (including phenoxy) is 2. The fourth-order valence-corrected chi connectivity index (χ4v) is 5.33. The predicted molar refractivity (Wildman–Crippen MR) is 117 cm³/mol. The van der Waals surface area contributed by atoms with Crippen LogP contribution in [0.1, 0.15) is 26.6 Å². The van der Waals surface area contributed by atoms with Gasteiger partial charge in [-0.15, -0.1) is 0 Å². The lowest BCUT2D eigenvalue weighted by Gasteiger charge is -2.26. The first-order valence-corrected chi connectivity index (χ1v) is 12.1. The van der Waals surface area contributed by atoms with Crippen LogP contribution in [0.4, 0.5) is 0 Å². The monoisotopic (exact) mass is 452 g/mol. The molecule has 1 aromatic heterocycles. The van der Waals surface area contributed by atoms with Gasteiger partial charge in [0.1, 0.15) is 5.82 Å². The van der Waals surface area contributed by atoms with Crippen molar-refractivity contribution in [3.63, 3.8) is 0 Å². The summed E-state index contributed by atoms with van der Waals surface area (Å²) in [5, 5.41) is 0. The van der Waals surface area contributed by atoms with Crippen LogP contribution in [0.15, 0.2) is 23.1 Å². The SMILES string of the molecule is CCN(Cc1nc2cc(S(=O)(=O)N3CCOCC3)ccc2n1CC)CC(C)C(=O)OC. The predicted octanol–water partition coefficient (Wildman–Crippen LogP) is 1.71. The van der Waals surface area contributed by atoms with Crippen LogP contribution >= 0.6 is 0 Å². The molecule has 0 amide bonds. The number of methoxy groups -OCH3 is 1. The highest BCUT2D eigenvalue weighted by Crippen LogP contribution is 2.24. The molecule has 0 radical (unpaired) electrons. The number of hydrogen-bond acceptors (Lipinski definition) is 7. The Hall–Kier alpha value is -2.01. The average Bonchev–Trinajstić information content (AvgIpc) is 3.14. The standard InChI is InChI=1S/C21H32N4O5S/c1-5-23(14-16(3)21(26)29-4)15-20-22-18-13-17(7-8-19(18)25(20)6-2)31(27,28)24-9-11-30-12-10-24/h7-8,13,16H,5-6,9-12,14-15H2,1-4H3. The third-order valence-corrected chi connectivity index (χ3v) is 7.57. The maximum absolute atomic E-state index is 13.0. The number of carbonyl (C=O) groups excluding carboxylic acids is 1. The first-order valence-electron chi connectivity index (χ1n) is 10.7. The van der Waals surface area contributed by atoms with Gasteiger partial charge in [-0.25, -0.2) is 13.4 Å². The molecule has 2 aromatic rings. The number of fused-ring (bicyclic) bond motifs is 1. The Kier molecular flexibility index (Phi) is 7.68. The molecular formula is C21H32N4O5S. The number of esters is 1. The molecule has 10 heteroatoms. The molecule has 1 aliphatic heterocycles. The molecule has 0 spiro atoms. The van der Waals surface area contributed by atoms with Gasteiger partial charge in [-0.2, -0.15) is 4.31 Å². The molecule has 1 aliphatic rings.